The van der Waals surface area contributed by atoms with Gasteiger partial charge in [-0.25, -0.2) is 0 Å². The van der Waals surface area contributed by atoms with Gasteiger partial charge >= 0.3 is 0 Å². The van der Waals surface area contributed by atoms with Crippen LogP contribution in [0, 0.1) is 6.92 Å². The zero-order chi connectivity index (χ0) is 22.5. The van der Waals surface area contributed by atoms with E-state index in [1.807, 2.05) is 18.2 Å². The van der Waals surface area contributed by atoms with E-state index in [1.54, 1.807) is 39.8 Å². The van der Waals surface area contributed by atoms with Crippen molar-refractivity contribution in [2.45, 2.75) is 16.7 Å². The largest absolute Gasteiger partial charge is 0.472 e. The Morgan fingerprint density at radius 1 is 0.969 bits per heavy atom. The van der Waals surface area contributed by atoms with Gasteiger partial charge in [0.1, 0.15) is 6.26 Å². The molecule has 1 aromatic heterocycles. The molecule has 0 atom stereocenters. The molecular formula is C25H23ClN2O3S. The smallest absolute Gasteiger partial charge is 0.257 e. The van der Waals surface area contributed by atoms with E-state index in [4.69, 9.17) is 16.0 Å². The molecule has 0 N–H and O–H groups in total. The van der Waals surface area contributed by atoms with Gasteiger partial charge in [-0.15, -0.1) is 0 Å². The molecule has 0 saturated carbocycles. The second kappa shape index (κ2) is 10.1. The molecule has 1 fully saturated rings. The Morgan fingerprint density at radius 3 is 2.31 bits per heavy atom. The molecule has 4 rings (SSSR count). The number of hydrogen-bond acceptors (Lipinski definition) is 4. The fourth-order valence-corrected chi connectivity index (χ4v) is 4.58. The molecule has 1 aliphatic heterocycles. The molecule has 1 saturated heterocycles. The van der Waals surface area contributed by atoms with Gasteiger partial charge in [0.15, 0.2) is 0 Å². The second-order valence-electron chi connectivity index (χ2n) is 7.56. The van der Waals surface area contributed by atoms with Crippen LogP contribution in [0.1, 0.15) is 21.5 Å². The molecule has 1 aliphatic rings. The number of halogens is 1. The molecule has 164 valence electrons. The Hall–Kier alpha value is -2.96. The predicted octanol–water partition coefficient (Wildman–Crippen LogP) is 5.39. The third-order valence-corrected chi connectivity index (χ3v) is 6.61. The quantitative estimate of drug-likeness (QED) is 0.473. The summed E-state index contributed by atoms with van der Waals surface area (Å²) in [6, 6.07) is 15.8. The molecule has 32 heavy (non-hydrogen) atoms. The highest BCUT2D eigenvalue weighted by atomic mass is 35.5. The van der Waals surface area contributed by atoms with Crippen LogP contribution in [0.25, 0.3) is 6.08 Å². The van der Waals surface area contributed by atoms with Crippen LogP contribution in [-0.4, -0.2) is 47.8 Å². The Morgan fingerprint density at radius 2 is 1.66 bits per heavy atom. The zero-order valence-corrected chi connectivity index (χ0v) is 19.2. The monoisotopic (exact) mass is 466 g/mol. The normalized spacial score (nSPS) is 14.2. The van der Waals surface area contributed by atoms with Gasteiger partial charge < -0.3 is 14.2 Å². The molecule has 0 radical (unpaired) electrons. The van der Waals surface area contributed by atoms with Crippen LogP contribution in [-0.2, 0) is 4.79 Å². The molecule has 7 heteroatoms. The maximum absolute atomic E-state index is 12.6. The number of carbonyl (C=O) groups excluding carboxylic acids is 2. The average Bonchev–Trinajstić information content (AvgIpc) is 3.34. The summed E-state index contributed by atoms with van der Waals surface area (Å²) in [5.41, 5.74) is 2.55. The summed E-state index contributed by atoms with van der Waals surface area (Å²) in [7, 11) is 0. The fraction of sp³-hybridized carbons (Fsp3) is 0.200. The third-order valence-electron chi connectivity index (χ3n) is 5.28. The van der Waals surface area contributed by atoms with Crippen molar-refractivity contribution < 1.29 is 14.0 Å². The lowest BCUT2D eigenvalue weighted by Crippen LogP contribution is -2.50. The lowest BCUT2D eigenvalue weighted by molar-refractivity contribution is -0.127. The highest BCUT2D eigenvalue weighted by Gasteiger charge is 2.24. The van der Waals surface area contributed by atoms with Crippen molar-refractivity contribution in [2.75, 3.05) is 26.2 Å². The standard InChI is InChI=1S/C25H23ClN2O3S/c1-18-2-6-21(7-3-18)32-22-8-4-19(23(26)16-22)5-9-24(29)27-11-13-28(14-12-27)25(30)20-10-15-31-17-20/h2-10,15-17H,11-14H2,1H3/b9-5+. The van der Waals surface area contributed by atoms with Crippen molar-refractivity contribution >= 4 is 41.3 Å². The van der Waals surface area contributed by atoms with Crippen molar-refractivity contribution in [1.82, 2.24) is 9.80 Å². The number of aryl methyl sites for hydroxylation is 1. The van der Waals surface area contributed by atoms with E-state index in [0.717, 1.165) is 15.4 Å². The number of piperazine rings is 1. The van der Waals surface area contributed by atoms with Crippen molar-refractivity contribution in [3.05, 3.63) is 88.8 Å². The van der Waals surface area contributed by atoms with E-state index in [0.29, 0.717) is 36.8 Å². The predicted molar refractivity (Wildman–Crippen MR) is 127 cm³/mol. The first-order valence-electron chi connectivity index (χ1n) is 10.3. The lowest BCUT2D eigenvalue weighted by Gasteiger charge is -2.34. The average molecular weight is 467 g/mol. The first-order valence-corrected chi connectivity index (χ1v) is 11.5. The molecular weight excluding hydrogens is 444 g/mol. The van der Waals surface area contributed by atoms with Crippen LogP contribution in [0.2, 0.25) is 5.02 Å². The van der Waals surface area contributed by atoms with Gasteiger partial charge in [-0.2, -0.15) is 0 Å². The van der Waals surface area contributed by atoms with E-state index >= 15 is 0 Å². The van der Waals surface area contributed by atoms with Crippen LogP contribution in [0.4, 0.5) is 0 Å². The van der Waals surface area contributed by atoms with Crippen molar-refractivity contribution in [1.29, 1.82) is 0 Å². The minimum atomic E-state index is -0.0883. The Bertz CT molecular complexity index is 1120. The van der Waals surface area contributed by atoms with Gasteiger partial charge in [-0.05, 0) is 48.9 Å². The summed E-state index contributed by atoms with van der Waals surface area (Å²) in [5, 5.41) is 0.599. The van der Waals surface area contributed by atoms with Crippen LogP contribution in [0.5, 0.6) is 0 Å². The first-order chi connectivity index (χ1) is 15.5. The molecule has 3 aromatic rings. The highest BCUT2D eigenvalue weighted by Crippen LogP contribution is 2.31. The van der Waals surface area contributed by atoms with Crippen LogP contribution in [0.15, 0.2) is 81.3 Å². The zero-order valence-electron chi connectivity index (χ0n) is 17.7. The molecule has 0 spiro atoms. The molecule has 0 bridgehead atoms. The van der Waals surface area contributed by atoms with Gasteiger partial charge in [0.25, 0.3) is 5.91 Å². The minimum absolute atomic E-state index is 0.0724. The number of furan rings is 1. The summed E-state index contributed by atoms with van der Waals surface area (Å²) in [4.78, 5) is 30.6. The van der Waals surface area contributed by atoms with E-state index in [2.05, 4.69) is 31.2 Å². The summed E-state index contributed by atoms with van der Waals surface area (Å²) >= 11 is 8.10. The molecule has 0 aliphatic carbocycles. The van der Waals surface area contributed by atoms with Gasteiger partial charge in [0.2, 0.25) is 5.91 Å². The molecule has 2 heterocycles. The maximum Gasteiger partial charge on any atom is 0.257 e. The minimum Gasteiger partial charge on any atom is -0.472 e. The van der Waals surface area contributed by atoms with Crippen LogP contribution < -0.4 is 0 Å². The van der Waals surface area contributed by atoms with Crippen LogP contribution >= 0.6 is 23.4 Å². The number of rotatable bonds is 5. The topological polar surface area (TPSA) is 53.8 Å². The summed E-state index contributed by atoms with van der Waals surface area (Å²) in [5.74, 6) is -0.161. The molecule has 2 amide bonds. The number of nitrogens with zero attached hydrogens (tertiary/aromatic N) is 2. The number of amides is 2. The van der Waals surface area contributed by atoms with Crippen molar-refractivity contribution in [3.63, 3.8) is 0 Å². The van der Waals surface area contributed by atoms with Crippen molar-refractivity contribution in [2.24, 2.45) is 0 Å². The van der Waals surface area contributed by atoms with E-state index in [-0.39, 0.29) is 11.8 Å². The summed E-state index contributed by atoms with van der Waals surface area (Å²) in [6.07, 6.45) is 6.21. The van der Waals surface area contributed by atoms with Gasteiger partial charge in [-0.3, -0.25) is 9.59 Å². The van der Waals surface area contributed by atoms with Gasteiger partial charge in [0, 0.05) is 47.1 Å². The molecule has 2 aromatic carbocycles. The van der Waals surface area contributed by atoms with E-state index in [9.17, 15) is 9.59 Å². The van der Waals surface area contributed by atoms with Gasteiger partial charge in [0.05, 0.1) is 11.8 Å². The maximum atomic E-state index is 12.6. The summed E-state index contributed by atoms with van der Waals surface area (Å²) in [6.45, 7) is 4.04. The van der Waals surface area contributed by atoms with Crippen LogP contribution in [0.3, 0.4) is 0 Å². The molecule has 5 nitrogen and oxygen atoms in total. The van der Waals surface area contributed by atoms with E-state index < -0.39 is 0 Å². The number of hydrogen-bond donors (Lipinski definition) is 0. The second-order valence-corrected chi connectivity index (χ2v) is 9.12. The molecule has 0 unspecified atom stereocenters. The first kappa shape index (κ1) is 22.2. The SMILES string of the molecule is Cc1ccc(Sc2ccc(/C=C/C(=O)N3CCN(C(=O)c4ccoc4)CC3)c(Cl)c2)cc1. The lowest BCUT2D eigenvalue weighted by atomic mass is 10.2. The Labute approximate surface area is 196 Å². The van der Waals surface area contributed by atoms with Gasteiger partial charge in [-0.1, -0.05) is 47.1 Å². The van der Waals surface area contributed by atoms with E-state index in [1.165, 1.54) is 18.1 Å². The highest BCUT2D eigenvalue weighted by molar-refractivity contribution is 7.99. The fourth-order valence-electron chi connectivity index (χ4n) is 3.41. The summed E-state index contributed by atoms with van der Waals surface area (Å²) < 4.78 is 4.98. The third kappa shape index (κ3) is 5.44. The number of benzene rings is 2. The number of carbonyl (C=O) groups is 2. The van der Waals surface area contributed by atoms with Crippen molar-refractivity contribution in [3.8, 4) is 0 Å². The Kier molecular flexibility index (Phi) is 7.02. The Balaban J connectivity index is 1.32.